The first-order valence-electron chi connectivity index (χ1n) is 6.39. The van der Waals surface area contributed by atoms with Crippen LogP contribution in [-0.4, -0.2) is 21.6 Å². The molecule has 2 rings (SSSR count). The fourth-order valence-corrected chi connectivity index (χ4v) is 3.98. The highest BCUT2D eigenvalue weighted by atomic mass is 32.2. The van der Waals surface area contributed by atoms with Crippen molar-refractivity contribution in [3.8, 4) is 5.75 Å². The van der Waals surface area contributed by atoms with E-state index in [1.807, 2.05) is 23.8 Å². The van der Waals surface area contributed by atoms with Crippen molar-refractivity contribution in [2.24, 2.45) is 0 Å². The molecule has 1 aromatic heterocycles. The highest BCUT2D eigenvalue weighted by molar-refractivity contribution is 7.89. The molecule has 21 heavy (non-hydrogen) atoms. The summed E-state index contributed by atoms with van der Waals surface area (Å²) in [6.07, 6.45) is 0.647. The van der Waals surface area contributed by atoms with Gasteiger partial charge in [0.2, 0.25) is 10.0 Å². The highest BCUT2D eigenvalue weighted by Crippen LogP contribution is 2.24. The van der Waals surface area contributed by atoms with Gasteiger partial charge in [-0.25, -0.2) is 13.1 Å². The van der Waals surface area contributed by atoms with Crippen molar-refractivity contribution in [1.29, 1.82) is 0 Å². The van der Waals surface area contributed by atoms with E-state index in [0.29, 0.717) is 17.9 Å². The standard InChI is InChI=1S/C14H18N2O3S2/c1-10(7-11-5-6-20-9-11)16-21(17,18)12-3-4-14(19-2)13(15)8-12/h3-6,8-10,16H,7,15H2,1-2H3. The lowest BCUT2D eigenvalue weighted by Crippen LogP contribution is -2.34. The summed E-state index contributed by atoms with van der Waals surface area (Å²) < 4.78 is 32.3. The molecule has 0 spiro atoms. The molecule has 0 aliphatic heterocycles. The van der Waals surface area contributed by atoms with E-state index in [4.69, 9.17) is 10.5 Å². The van der Waals surface area contributed by atoms with Crippen LogP contribution in [-0.2, 0) is 16.4 Å². The Labute approximate surface area is 128 Å². The zero-order valence-corrected chi connectivity index (χ0v) is 13.5. The topological polar surface area (TPSA) is 81.4 Å². The van der Waals surface area contributed by atoms with Gasteiger partial charge in [0.1, 0.15) is 5.75 Å². The van der Waals surface area contributed by atoms with Crippen LogP contribution in [0.15, 0.2) is 39.9 Å². The predicted octanol–water partition coefficient (Wildman–Crippen LogP) is 2.25. The van der Waals surface area contributed by atoms with Gasteiger partial charge in [0, 0.05) is 6.04 Å². The van der Waals surface area contributed by atoms with Crippen LogP contribution in [0.25, 0.3) is 0 Å². The number of sulfonamides is 1. The van der Waals surface area contributed by atoms with Crippen molar-refractivity contribution in [2.75, 3.05) is 12.8 Å². The van der Waals surface area contributed by atoms with Crippen LogP contribution in [0.5, 0.6) is 5.75 Å². The molecular weight excluding hydrogens is 308 g/mol. The van der Waals surface area contributed by atoms with E-state index < -0.39 is 10.0 Å². The second kappa shape index (κ2) is 6.46. The molecule has 1 unspecified atom stereocenters. The molecule has 7 heteroatoms. The molecule has 0 radical (unpaired) electrons. The quantitative estimate of drug-likeness (QED) is 0.798. The van der Waals surface area contributed by atoms with Gasteiger partial charge < -0.3 is 10.5 Å². The number of anilines is 1. The number of benzene rings is 1. The number of ether oxygens (including phenoxy) is 1. The zero-order chi connectivity index (χ0) is 15.5. The molecule has 114 valence electrons. The van der Waals surface area contributed by atoms with Gasteiger partial charge in [-0.05, 0) is 53.9 Å². The Morgan fingerprint density at radius 3 is 2.71 bits per heavy atom. The van der Waals surface area contributed by atoms with Crippen molar-refractivity contribution in [1.82, 2.24) is 4.72 Å². The number of nitrogen functional groups attached to an aromatic ring is 1. The van der Waals surface area contributed by atoms with Gasteiger partial charge in [-0.2, -0.15) is 11.3 Å². The lowest BCUT2D eigenvalue weighted by molar-refractivity contribution is 0.416. The minimum Gasteiger partial charge on any atom is -0.495 e. The van der Waals surface area contributed by atoms with Crippen LogP contribution >= 0.6 is 11.3 Å². The first-order chi connectivity index (χ1) is 9.92. The molecule has 2 aromatic rings. The monoisotopic (exact) mass is 326 g/mol. The van der Waals surface area contributed by atoms with E-state index in [0.717, 1.165) is 5.56 Å². The minimum absolute atomic E-state index is 0.137. The fourth-order valence-electron chi connectivity index (χ4n) is 2.02. The molecule has 0 amide bonds. The van der Waals surface area contributed by atoms with Gasteiger partial charge in [-0.1, -0.05) is 0 Å². The van der Waals surface area contributed by atoms with Gasteiger partial charge in [0.05, 0.1) is 17.7 Å². The maximum absolute atomic E-state index is 12.3. The molecule has 0 aliphatic rings. The Balaban J connectivity index is 2.12. The third-order valence-corrected chi connectivity index (χ3v) is 5.31. The molecule has 0 fully saturated rings. The van der Waals surface area contributed by atoms with Crippen molar-refractivity contribution in [3.63, 3.8) is 0 Å². The number of hydrogen-bond acceptors (Lipinski definition) is 5. The van der Waals surface area contributed by atoms with Crippen LogP contribution in [0.3, 0.4) is 0 Å². The summed E-state index contributed by atoms with van der Waals surface area (Å²) in [5, 5.41) is 3.98. The van der Waals surface area contributed by atoms with Gasteiger partial charge in [-0.15, -0.1) is 0 Å². The van der Waals surface area contributed by atoms with Gasteiger partial charge in [0.15, 0.2) is 0 Å². The summed E-state index contributed by atoms with van der Waals surface area (Å²) in [5.74, 6) is 0.459. The molecule has 1 heterocycles. The maximum Gasteiger partial charge on any atom is 0.240 e. The molecule has 3 N–H and O–H groups in total. The highest BCUT2D eigenvalue weighted by Gasteiger charge is 2.18. The zero-order valence-electron chi connectivity index (χ0n) is 11.9. The Morgan fingerprint density at radius 2 is 2.14 bits per heavy atom. The Hall–Kier alpha value is -1.57. The number of thiophene rings is 1. The molecule has 1 atom stereocenters. The van der Waals surface area contributed by atoms with Gasteiger partial charge in [-0.3, -0.25) is 0 Å². The summed E-state index contributed by atoms with van der Waals surface area (Å²) in [7, 11) is -2.11. The summed E-state index contributed by atoms with van der Waals surface area (Å²) in [6.45, 7) is 1.84. The first kappa shape index (κ1) is 15.8. The van der Waals surface area contributed by atoms with E-state index in [1.54, 1.807) is 17.4 Å². The van der Waals surface area contributed by atoms with E-state index in [-0.39, 0.29) is 10.9 Å². The minimum atomic E-state index is -3.59. The van der Waals surface area contributed by atoms with Crippen molar-refractivity contribution in [2.45, 2.75) is 24.3 Å². The molecule has 1 aromatic carbocycles. The smallest absolute Gasteiger partial charge is 0.240 e. The van der Waals surface area contributed by atoms with Crippen molar-refractivity contribution >= 4 is 27.0 Å². The van der Waals surface area contributed by atoms with E-state index in [1.165, 1.54) is 19.2 Å². The Morgan fingerprint density at radius 1 is 1.38 bits per heavy atom. The Kier molecular flexibility index (Phi) is 4.87. The third kappa shape index (κ3) is 3.96. The third-order valence-electron chi connectivity index (χ3n) is 2.99. The number of nitrogens with one attached hydrogen (secondary N) is 1. The van der Waals surface area contributed by atoms with Crippen LogP contribution in [0.1, 0.15) is 12.5 Å². The van der Waals surface area contributed by atoms with Gasteiger partial charge in [0.25, 0.3) is 0 Å². The number of rotatable bonds is 6. The van der Waals surface area contributed by atoms with Crippen molar-refractivity contribution < 1.29 is 13.2 Å². The summed E-state index contributed by atoms with van der Waals surface area (Å²) in [4.78, 5) is 0.137. The summed E-state index contributed by atoms with van der Waals surface area (Å²) >= 11 is 1.59. The Bertz CT molecular complexity index is 697. The molecule has 5 nitrogen and oxygen atoms in total. The summed E-state index contributed by atoms with van der Waals surface area (Å²) in [5.41, 5.74) is 7.17. The largest absolute Gasteiger partial charge is 0.495 e. The second-order valence-electron chi connectivity index (χ2n) is 4.76. The molecular formula is C14H18N2O3S2. The second-order valence-corrected chi connectivity index (χ2v) is 7.26. The van der Waals surface area contributed by atoms with Crippen molar-refractivity contribution in [3.05, 3.63) is 40.6 Å². The maximum atomic E-state index is 12.3. The lowest BCUT2D eigenvalue weighted by atomic mass is 10.1. The predicted molar refractivity (Wildman–Crippen MR) is 85.2 cm³/mol. The fraction of sp³-hybridized carbons (Fsp3) is 0.286. The number of nitrogens with two attached hydrogens (primary N) is 1. The van der Waals surface area contributed by atoms with Crippen LogP contribution < -0.4 is 15.2 Å². The molecule has 0 bridgehead atoms. The number of methoxy groups -OCH3 is 1. The average Bonchev–Trinajstić information content (AvgIpc) is 2.90. The normalized spacial score (nSPS) is 13.0. The van der Waals surface area contributed by atoms with Gasteiger partial charge >= 0.3 is 0 Å². The SMILES string of the molecule is COc1ccc(S(=O)(=O)NC(C)Cc2ccsc2)cc1N. The molecule has 0 saturated heterocycles. The lowest BCUT2D eigenvalue weighted by Gasteiger charge is -2.14. The average molecular weight is 326 g/mol. The van der Waals surface area contributed by atoms with E-state index >= 15 is 0 Å². The van der Waals surface area contributed by atoms with Crippen LogP contribution in [0, 0.1) is 0 Å². The van der Waals surface area contributed by atoms with E-state index in [2.05, 4.69) is 4.72 Å². The first-order valence-corrected chi connectivity index (χ1v) is 8.82. The summed E-state index contributed by atoms with van der Waals surface area (Å²) in [6, 6.07) is 6.22. The number of hydrogen-bond donors (Lipinski definition) is 2. The van der Waals surface area contributed by atoms with E-state index in [9.17, 15) is 8.42 Å². The molecule has 0 saturated carbocycles. The molecule has 0 aliphatic carbocycles. The van der Waals surface area contributed by atoms with Crippen LogP contribution in [0.2, 0.25) is 0 Å². The van der Waals surface area contributed by atoms with Crippen LogP contribution in [0.4, 0.5) is 5.69 Å².